The molecular formula is C22H29ClN2O4. The summed E-state index contributed by atoms with van der Waals surface area (Å²) in [6, 6.07) is 15.2. The highest BCUT2D eigenvalue weighted by molar-refractivity contribution is 5.85. The molecule has 0 saturated carbocycles. The van der Waals surface area contributed by atoms with Crippen LogP contribution in [0.1, 0.15) is 18.4 Å². The van der Waals surface area contributed by atoms with Gasteiger partial charge in [-0.3, -0.25) is 4.79 Å². The Morgan fingerprint density at radius 3 is 2.31 bits per heavy atom. The molecule has 2 aromatic carbocycles. The Morgan fingerprint density at radius 2 is 1.69 bits per heavy atom. The zero-order chi connectivity index (χ0) is 19.8. The van der Waals surface area contributed by atoms with Crippen LogP contribution in [0.4, 0.5) is 0 Å². The fourth-order valence-electron chi connectivity index (χ4n) is 3.49. The number of hydrogen-bond donors (Lipinski definition) is 2. The van der Waals surface area contributed by atoms with E-state index in [1.54, 1.807) is 14.2 Å². The third-order valence-electron chi connectivity index (χ3n) is 5.14. The highest BCUT2D eigenvalue weighted by atomic mass is 35.5. The summed E-state index contributed by atoms with van der Waals surface area (Å²) in [5.41, 5.74) is 0.578. The van der Waals surface area contributed by atoms with Crippen LogP contribution in [0, 0.1) is 5.41 Å². The van der Waals surface area contributed by atoms with Gasteiger partial charge < -0.3 is 24.8 Å². The summed E-state index contributed by atoms with van der Waals surface area (Å²) in [5.74, 6) is 2.13. The summed E-state index contributed by atoms with van der Waals surface area (Å²) >= 11 is 0. The summed E-state index contributed by atoms with van der Waals surface area (Å²) in [6.07, 6.45) is 1.58. The number of halogens is 1. The first-order chi connectivity index (χ1) is 13.7. The number of benzene rings is 2. The van der Waals surface area contributed by atoms with Gasteiger partial charge >= 0.3 is 0 Å². The first kappa shape index (κ1) is 23.0. The van der Waals surface area contributed by atoms with Crippen molar-refractivity contribution < 1.29 is 19.0 Å². The summed E-state index contributed by atoms with van der Waals surface area (Å²) in [5, 5.41) is 6.38. The van der Waals surface area contributed by atoms with E-state index in [1.807, 2.05) is 48.5 Å². The van der Waals surface area contributed by atoms with Gasteiger partial charge in [-0.05, 0) is 55.8 Å². The van der Waals surface area contributed by atoms with Crippen molar-refractivity contribution in [3.05, 3.63) is 54.1 Å². The molecule has 158 valence electrons. The topological polar surface area (TPSA) is 68.8 Å². The molecule has 0 aliphatic carbocycles. The standard InChI is InChI=1S/C22H28N2O4.ClH/c1-26-16-22(11-13-23-14-12-22)21(25)24-15-17-7-9-18(10-8-17)28-20-6-4-3-5-19(20)27-2;/h3-10,23H,11-16H2,1-2H3,(H,24,25);1H. The van der Waals surface area contributed by atoms with Crippen LogP contribution in [0.5, 0.6) is 17.2 Å². The highest BCUT2D eigenvalue weighted by Gasteiger charge is 2.39. The number of piperidine rings is 1. The molecular weight excluding hydrogens is 392 g/mol. The van der Waals surface area contributed by atoms with Crippen LogP contribution in [0.15, 0.2) is 48.5 Å². The van der Waals surface area contributed by atoms with Gasteiger partial charge in [-0.25, -0.2) is 0 Å². The van der Waals surface area contributed by atoms with Gasteiger partial charge in [-0.2, -0.15) is 0 Å². The molecule has 1 heterocycles. The second-order valence-electron chi connectivity index (χ2n) is 7.04. The fourth-order valence-corrected chi connectivity index (χ4v) is 3.49. The Morgan fingerprint density at radius 1 is 1.03 bits per heavy atom. The van der Waals surface area contributed by atoms with Crippen LogP contribution >= 0.6 is 12.4 Å². The van der Waals surface area contributed by atoms with Crippen LogP contribution in [0.3, 0.4) is 0 Å². The van der Waals surface area contributed by atoms with Crippen molar-refractivity contribution in [3.63, 3.8) is 0 Å². The Labute approximate surface area is 178 Å². The molecule has 0 spiro atoms. The van der Waals surface area contributed by atoms with Crippen molar-refractivity contribution in [1.82, 2.24) is 10.6 Å². The molecule has 1 amide bonds. The molecule has 1 saturated heterocycles. The lowest BCUT2D eigenvalue weighted by atomic mass is 9.78. The predicted molar refractivity (Wildman–Crippen MR) is 115 cm³/mol. The molecule has 29 heavy (non-hydrogen) atoms. The van der Waals surface area contributed by atoms with Gasteiger partial charge in [0.05, 0.1) is 19.1 Å². The van der Waals surface area contributed by atoms with Gasteiger partial charge in [-0.1, -0.05) is 24.3 Å². The van der Waals surface area contributed by atoms with Gasteiger partial charge in [0.25, 0.3) is 0 Å². The average Bonchev–Trinajstić information content (AvgIpc) is 2.74. The molecule has 1 fully saturated rings. The highest BCUT2D eigenvalue weighted by Crippen LogP contribution is 2.31. The smallest absolute Gasteiger partial charge is 0.228 e. The van der Waals surface area contributed by atoms with Gasteiger partial charge in [0, 0.05) is 13.7 Å². The number of nitrogens with one attached hydrogen (secondary N) is 2. The van der Waals surface area contributed by atoms with E-state index in [0.29, 0.717) is 30.4 Å². The Hall–Kier alpha value is -2.28. The SMILES string of the molecule is COCC1(C(=O)NCc2ccc(Oc3ccccc3OC)cc2)CCNCC1.Cl. The molecule has 0 radical (unpaired) electrons. The maximum Gasteiger partial charge on any atom is 0.228 e. The summed E-state index contributed by atoms with van der Waals surface area (Å²) in [4.78, 5) is 12.8. The van der Waals surface area contributed by atoms with Gasteiger partial charge in [0.15, 0.2) is 11.5 Å². The molecule has 0 atom stereocenters. The van der Waals surface area contributed by atoms with E-state index < -0.39 is 5.41 Å². The van der Waals surface area contributed by atoms with Crippen molar-refractivity contribution in [2.45, 2.75) is 19.4 Å². The number of ether oxygens (including phenoxy) is 3. The third kappa shape index (κ3) is 5.85. The molecule has 2 aromatic rings. The number of amides is 1. The number of methoxy groups -OCH3 is 2. The number of carbonyl (C=O) groups is 1. The lowest BCUT2D eigenvalue weighted by molar-refractivity contribution is -0.136. The molecule has 0 bridgehead atoms. The minimum absolute atomic E-state index is 0. The monoisotopic (exact) mass is 420 g/mol. The van der Waals surface area contributed by atoms with E-state index in [0.717, 1.165) is 31.5 Å². The van der Waals surface area contributed by atoms with Gasteiger partial charge in [-0.15, -0.1) is 12.4 Å². The van der Waals surface area contributed by atoms with E-state index in [9.17, 15) is 4.79 Å². The molecule has 0 unspecified atom stereocenters. The molecule has 7 heteroatoms. The Balaban J connectivity index is 0.00000300. The normalized spacial score (nSPS) is 15.1. The number of hydrogen-bond acceptors (Lipinski definition) is 5. The van der Waals surface area contributed by atoms with Crippen LogP contribution in [0.2, 0.25) is 0 Å². The summed E-state index contributed by atoms with van der Waals surface area (Å²) < 4.78 is 16.5. The number of rotatable bonds is 8. The van der Waals surface area contributed by atoms with E-state index >= 15 is 0 Å². The van der Waals surface area contributed by atoms with E-state index in [4.69, 9.17) is 14.2 Å². The number of para-hydroxylation sites is 2. The predicted octanol–water partition coefficient (Wildman–Crippen LogP) is 3.54. The zero-order valence-corrected chi connectivity index (χ0v) is 17.7. The van der Waals surface area contributed by atoms with E-state index in [2.05, 4.69) is 10.6 Å². The van der Waals surface area contributed by atoms with Crippen LogP contribution in [0.25, 0.3) is 0 Å². The third-order valence-corrected chi connectivity index (χ3v) is 5.14. The first-order valence-electron chi connectivity index (χ1n) is 9.55. The van der Waals surface area contributed by atoms with Gasteiger partial charge in [0.2, 0.25) is 5.91 Å². The van der Waals surface area contributed by atoms with Crippen molar-refractivity contribution in [3.8, 4) is 17.2 Å². The molecule has 2 N–H and O–H groups in total. The van der Waals surface area contributed by atoms with Crippen LogP contribution in [-0.4, -0.2) is 39.8 Å². The largest absolute Gasteiger partial charge is 0.493 e. The Kier molecular flexibility index (Phi) is 8.76. The van der Waals surface area contributed by atoms with Crippen molar-refractivity contribution in [2.24, 2.45) is 5.41 Å². The molecule has 3 rings (SSSR count). The van der Waals surface area contributed by atoms with E-state index in [-0.39, 0.29) is 18.3 Å². The second-order valence-corrected chi connectivity index (χ2v) is 7.04. The fraction of sp³-hybridized carbons (Fsp3) is 0.409. The minimum Gasteiger partial charge on any atom is -0.493 e. The number of carbonyl (C=O) groups excluding carboxylic acids is 1. The summed E-state index contributed by atoms with van der Waals surface area (Å²) in [7, 11) is 3.27. The van der Waals surface area contributed by atoms with Crippen LogP contribution < -0.4 is 20.1 Å². The molecule has 0 aromatic heterocycles. The molecule has 1 aliphatic rings. The van der Waals surface area contributed by atoms with Gasteiger partial charge in [0.1, 0.15) is 5.75 Å². The first-order valence-corrected chi connectivity index (χ1v) is 9.55. The molecule has 1 aliphatic heterocycles. The van der Waals surface area contributed by atoms with Crippen molar-refractivity contribution in [1.29, 1.82) is 0 Å². The summed E-state index contributed by atoms with van der Waals surface area (Å²) in [6.45, 7) is 2.61. The lowest BCUT2D eigenvalue weighted by Crippen LogP contribution is -2.49. The van der Waals surface area contributed by atoms with Crippen molar-refractivity contribution in [2.75, 3.05) is 33.9 Å². The second kappa shape index (κ2) is 11.0. The maximum atomic E-state index is 12.8. The van der Waals surface area contributed by atoms with Crippen molar-refractivity contribution >= 4 is 18.3 Å². The quantitative estimate of drug-likeness (QED) is 0.683. The zero-order valence-electron chi connectivity index (χ0n) is 16.9. The van der Waals surface area contributed by atoms with E-state index in [1.165, 1.54) is 0 Å². The lowest BCUT2D eigenvalue weighted by Gasteiger charge is -2.35. The average molecular weight is 421 g/mol. The van der Waals surface area contributed by atoms with Crippen LogP contribution in [-0.2, 0) is 16.1 Å². The minimum atomic E-state index is -0.438. The Bertz CT molecular complexity index is 771. The molecule has 6 nitrogen and oxygen atoms in total. The maximum absolute atomic E-state index is 12.8.